The number of rotatable bonds is 3. The summed E-state index contributed by atoms with van der Waals surface area (Å²) in [5.41, 5.74) is 1.49. The molecule has 0 amide bonds. The van der Waals surface area contributed by atoms with Gasteiger partial charge in [0.15, 0.2) is 0 Å². The van der Waals surface area contributed by atoms with Crippen LogP contribution in [0.25, 0.3) is 11.3 Å². The molecular weight excluding hydrogens is 286 g/mol. The Morgan fingerprint density at radius 3 is 2.76 bits per heavy atom. The van der Waals surface area contributed by atoms with Crippen LogP contribution in [0.4, 0.5) is 0 Å². The molecule has 4 nitrogen and oxygen atoms in total. The lowest BCUT2D eigenvalue weighted by Crippen LogP contribution is -2.02. The van der Waals surface area contributed by atoms with Crippen LogP contribution in [0, 0.1) is 0 Å². The minimum atomic E-state index is -0.497. The molecule has 1 aromatic carbocycles. The largest absolute Gasteiger partial charge is 0.460 e. The van der Waals surface area contributed by atoms with Gasteiger partial charge in [0.2, 0.25) is 5.76 Å². The van der Waals surface area contributed by atoms with Crippen molar-refractivity contribution in [2.24, 2.45) is 0 Å². The molecule has 1 aromatic heterocycles. The number of nitrogens with zero attached hydrogens (tertiary/aromatic N) is 1. The zero-order valence-corrected chi connectivity index (χ0v) is 10.7. The Bertz CT molecular complexity index is 519. The minimum absolute atomic E-state index is 0.116. The number of aromatic nitrogens is 1. The first-order valence-corrected chi connectivity index (χ1v) is 5.90. The maximum Gasteiger partial charge on any atom is 0.377 e. The SMILES string of the molecule is CCOC(=O)c1cc(-c2ccc(Br)cc2)no1. The van der Waals surface area contributed by atoms with Crippen molar-refractivity contribution in [3.05, 3.63) is 40.6 Å². The van der Waals surface area contributed by atoms with E-state index >= 15 is 0 Å². The topological polar surface area (TPSA) is 52.3 Å². The van der Waals surface area contributed by atoms with E-state index in [9.17, 15) is 4.79 Å². The second-order valence-electron chi connectivity index (χ2n) is 3.30. The number of carbonyl (C=O) groups excluding carboxylic acids is 1. The molecule has 0 unspecified atom stereocenters. The van der Waals surface area contributed by atoms with Crippen LogP contribution < -0.4 is 0 Å². The number of hydrogen-bond donors (Lipinski definition) is 0. The molecule has 2 aromatic rings. The van der Waals surface area contributed by atoms with Gasteiger partial charge < -0.3 is 9.26 Å². The van der Waals surface area contributed by atoms with E-state index in [-0.39, 0.29) is 5.76 Å². The molecule has 0 spiro atoms. The summed E-state index contributed by atoms with van der Waals surface area (Å²) >= 11 is 3.35. The van der Waals surface area contributed by atoms with Gasteiger partial charge >= 0.3 is 5.97 Å². The van der Waals surface area contributed by atoms with Gasteiger partial charge in [-0.05, 0) is 19.1 Å². The highest BCUT2D eigenvalue weighted by atomic mass is 79.9. The first kappa shape index (κ1) is 11.9. The first-order valence-electron chi connectivity index (χ1n) is 5.10. The van der Waals surface area contributed by atoms with Gasteiger partial charge in [0, 0.05) is 16.1 Å². The fraction of sp³-hybridized carbons (Fsp3) is 0.167. The average molecular weight is 296 g/mol. The van der Waals surface area contributed by atoms with Crippen LogP contribution in [0.3, 0.4) is 0 Å². The summed E-state index contributed by atoms with van der Waals surface area (Å²) in [5.74, 6) is -0.381. The number of esters is 1. The molecule has 0 radical (unpaired) electrons. The summed E-state index contributed by atoms with van der Waals surface area (Å²) in [7, 11) is 0. The van der Waals surface area contributed by atoms with Gasteiger partial charge in [-0.15, -0.1) is 0 Å². The molecule has 0 N–H and O–H groups in total. The van der Waals surface area contributed by atoms with Crippen molar-refractivity contribution >= 4 is 21.9 Å². The van der Waals surface area contributed by atoms with Crippen LogP contribution in [0.5, 0.6) is 0 Å². The Morgan fingerprint density at radius 2 is 2.12 bits per heavy atom. The van der Waals surface area contributed by atoms with Gasteiger partial charge in [0.1, 0.15) is 5.69 Å². The molecule has 5 heteroatoms. The molecule has 0 saturated heterocycles. The lowest BCUT2D eigenvalue weighted by molar-refractivity contribution is 0.0480. The summed E-state index contributed by atoms with van der Waals surface area (Å²) in [6.07, 6.45) is 0. The Kier molecular flexibility index (Phi) is 3.58. The number of halogens is 1. The summed E-state index contributed by atoms with van der Waals surface area (Å²) < 4.78 is 10.7. The molecular formula is C12H10BrNO3. The molecule has 0 bridgehead atoms. The average Bonchev–Trinajstić information content (AvgIpc) is 2.80. The maximum atomic E-state index is 11.4. The molecule has 2 rings (SSSR count). The Morgan fingerprint density at radius 1 is 1.41 bits per heavy atom. The van der Waals surface area contributed by atoms with Gasteiger partial charge in [0.05, 0.1) is 6.61 Å². The highest BCUT2D eigenvalue weighted by Gasteiger charge is 2.14. The normalized spacial score (nSPS) is 10.2. The zero-order valence-electron chi connectivity index (χ0n) is 9.14. The van der Waals surface area contributed by atoms with Gasteiger partial charge in [0.25, 0.3) is 0 Å². The van der Waals surface area contributed by atoms with E-state index < -0.39 is 5.97 Å². The van der Waals surface area contributed by atoms with Crippen LogP contribution in [-0.4, -0.2) is 17.7 Å². The minimum Gasteiger partial charge on any atom is -0.460 e. The Balaban J connectivity index is 2.23. The van der Waals surface area contributed by atoms with Crippen molar-refractivity contribution in [1.29, 1.82) is 0 Å². The van der Waals surface area contributed by atoms with Crippen molar-refractivity contribution in [3.8, 4) is 11.3 Å². The molecule has 0 fully saturated rings. The first-order chi connectivity index (χ1) is 8.20. The molecule has 0 aliphatic rings. The zero-order chi connectivity index (χ0) is 12.3. The highest BCUT2D eigenvalue weighted by molar-refractivity contribution is 9.10. The molecule has 88 valence electrons. The van der Waals surface area contributed by atoms with Crippen molar-refractivity contribution in [2.45, 2.75) is 6.92 Å². The van der Waals surface area contributed by atoms with Crippen molar-refractivity contribution in [3.63, 3.8) is 0 Å². The van der Waals surface area contributed by atoms with E-state index in [2.05, 4.69) is 21.1 Å². The molecule has 17 heavy (non-hydrogen) atoms. The van der Waals surface area contributed by atoms with Crippen molar-refractivity contribution in [2.75, 3.05) is 6.61 Å². The highest BCUT2D eigenvalue weighted by Crippen LogP contribution is 2.21. The molecule has 0 aliphatic carbocycles. The van der Waals surface area contributed by atoms with Gasteiger partial charge in [-0.3, -0.25) is 0 Å². The number of benzene rings is 1. The van der Waals surface area contributed by atoms with Crippen LogP contribution in [0.15, 0.2) is 39.3 Å². The Hall–Kier alpha value is -1.62. The van der Waals surface area contributed by atoms with Gasteiger partial charge in [-0.2, -0.15) is 0 Å². The third-order valence-corrected chi connectivity index (χ3v) is 2.66. The predicted octanol–water partition coefficient (Wildman–Crippen LogP) is 3.28. The molecule has 0 saturated carbocycles. The third-order valence-electron chi connectivity index (χ3n) is 2.13. The molecule has 1 heterocycles. The number of ether oxygens (including phenoxy) is 1. The fourth-order valence-corrected chi connectivity index (χ4v) is 1.59. The fourth-order valence-electron chi connectivity index (χ4n) is 1.33. The summed E-state index contributed by atoms with van der Waals surface area (Å²) in [5, 5.41) is 3.83. The quantitative estimate of drug-likeness (QED) is 0.816. The van der Waals surface area contributed by atoms with E-state index in [1.54, 1.807) is 13.0 Å². The standard InChI is InChI=1S/C12H10BrNO3/c1-2-16-12(15)11-7-10(14-17-11)8-3-5-9(13)6-4-8/h3-7H,2H2,1H3. The van der Waals surface area contributed by atoms with Gasteiger partial charge in [-0.1, -0.05) is 33.2 Å². The van der Waals surface area contributed by atoms with E-state index in [1.165, 1.54) is 0 Å². The predicted molar refractivity (Wildman–Crippen MR) is 65.6 cm³/mol. The van der Waals surface area contributed by atoms with Crippen LogP contribution in [-0.2, 0) is 4.74 Å². The number of carbonyl (C=O) groups is 1. The van der Waals surface area contributed by atoms with Crippen LogP contribution in [0.1, 0.15) is 17.5 Å². The lowest BCUT2D eigenvalue weighted by Gasteiger charge is -1.95. The third kappa shape index (κ3) is 2.74. The number of hydrogen-bond acceptors (Lipinski definition) is 4. The second-order valence-corrected chi connectivity index (χ2v) is 4.22. The monoisotopic (exact) mass is 295 g/mol. The van der Waals surface area contributed by atoms with Crippen LogP contribution >= 0.6 is 15.9 Å². The summed E-state index contributed by atoms with van der Waals surface area (Å²) in [6.45, 7) is 2.05. The lowest BCUT2D eigenvalue weighted by atomic mass is 10.1. The van der Waals surface area contributed by atoms with Crippen LogP contribution in [0.2, 0.25) is 0 Å². The molecule has 0 aliphatic heterocycles. The Labute approximate surface area is 107 Å². The smallest absolute Gasteiger partial charge is 0.377 e. The summed E-state index contributed by atoms with van der Waals surface area (Å²) in [6, 6.07) is 9.14. The molecule has 0 atom stereocenters. The van der Waals surface area contributed by atoms with Crippen molar-refractivity contribution < 1.29 is 14.1 Å². The van der Waals surface area contributed by atoms with E-state index in [4.69, 9.17) is 9.26 Å². The van der Waals surface area contributed by atoms with Crippen molar-refractivity contribution in [1.82, 2.24) is 5.16 Å². The van der Waals surface area contributed by atoms with Gasteiger partial charge in [-0.25, -0.2) is 4.79 Å². The van der Waals surface area contributed by atoms with E-state index in [0.717, 1.165) is 10.0 Å². The maximum absolute atomic E-state index is 11.4. The van der Waals surface area contributed by atoms with E-state index in [1.807, 2.05) is 24.3 Å². The summed E-state index contributed by atoms with van der Waals surface area (Å²) in [4.78, 5) is 11.4. The second kappa shape index (κ2) is 5.14. The van der Waals surface area contributed by atoms with E-state index in [0.29, 0.717) is 12.3 Å².